The first-order valence-corrected chi connectivity index (χ1v) is 8.05. The molecule has 2 aromatic carbocycles. The zero-order chi connectivity index (χ0) is 15.5. The first kappa shape index (κ1) is 17.5. The van der Waals surface area contributed by atoms with Crippen molar-refractivity contribution in [3.05, 3.63) is 71.3 Å². The third kappa shape index (κ3) is 5.73. The van der Waals surface area contributed by atoms with Gasteiger partial charge in [-0.15, -0.1) is 0 Å². The zero-order valence-corrected chi connectivity index (χ0v) is 13.9. The molecule has 114 valence electrons. The normalized spacial score (nSPS) is 11.4. The molecule has 0 saturated carbocycles. The first-order valence-electron chi connectivity index (χ1n) is 8.05. The summed E-state index contributed by atoms with van der Waals surface area (Å²) in [5, 5.41) is 3.27. The van der Waals surface area contributed by atoms with E-state index in [4.69, 9.17) is 0 Å². The lowest BCUT2D eigenvalue weighted by atomic mass is 9.88. The van der Waals surface area contributed by atoms with Crippen LogP contribution in [0.1, 0.15) is 42.9 Å². The van der Waals surface area contributed by atoms with Gasteiger partial charge < -0.3 is 5.32 Å². The molecule has 0 aliphatic carbocycles. The van der Waals surface area contributed by atoms with E-state index in [1.807, 2.05) is 20.9 Å². The second kappa shape index (κ2) is 10.2. The van der Waals surface area contributed by atoms with Crippen molar-refractivity contribution in [3.8, 4) is 0 Å². The number of nitrogens with one attached hydrogen (secondary N) is 1. The first-order chi connectivity index (χ1) is 10.3. The van der Waals surface area contributed by atoms with E-state index in [1.54, 1.807) is 0 Å². The largest absolute Gasteiger partial charge is 0.320 e. The van der Waals surface area contributed by atoms with Gasteiger partial charge in [0.25, 0.3) is 0 Å². The van der Waals surface area contributed by atoms with Crippen LogP contribution in [0.25, 0.3) is 0 Å². The Labute approximate surface area is 130 Å². The average molecular weight is 283 g/mol. The number of hydrogen-bond acceptors (Lipinski definition) is 1. The van der Waals surface area contributed by atoms with E-state index < -0.39 is 0 Å². The summed E-state index contributed by atoms with van der Waals surface area (Å²) in [5.41, 5.74) is 4.31. The van der Waals surface area contributed by atoms with Crippen molar-refractivity contribution in [1.82, 2.24) is 5.32 Å². The van der Waals surface area contributed by atoms with Crippen LogP contribution >= 0.6 is 0 Å². The van der Waals surface area contributed by atoms with Crippen LogP contribution in [0, 0.1) is 6.92 Å². The summed E-state index contributed by atoms with van der Waals surface area (Å²) >= 11 is 0. The summed E-state index contributed by atoms with van der Waals surface area (Å²) in [6.07, 6.45) is 2.30. The molecule has 0 fully saturated rings. The number of aryl methyl sites for hydroxylation is 1. The molecule has 1 heteroatoms. The van der Waals surface area contributed by atoms with Crippen LogP contribution in [0.2, 0.25) is 0 Å². The van der Waals surface area contributed by atoms with E-state index in [-0.39, 0.29) is 0 Å². The Morgan fingerprint density at radius 2 is 1.52 bits per heavy atom. The molecule has 1 unspecified atom stereocenters. The number of benzene rings is 2. The SMILES string of the molecule is CC.CNCCC(Cc1ccccc1C)c1ccccc1. The Hall–Kier alpha value is -1.60. The second-order valence-corrected chi connectivity index (χ2v) is 5.13. The molecular formula is C20H29N. The Kier molecular flexibility index (Phi) is 8.45. The standard InChI is InChI=1S/C18H23N.C2H6/c1-15-8-6-7-11-17(15)14-18(12-13-19-2)16-9-4-3-5-10-16;1-2/h3-11,18-19H,12-14H2,1-2H3;1-2H3. The van der Waals surface area contributed by atoms with E-state index in [2.05, 4.69) is 66.8 Å². The molecule has 0 heterocycles. The number of rotatable bonds is 6. The van der Waals surface area contributed by atoms with Crippen molar-refractivity contribution in [1.29, 1.82) is 0 Å². The lowest BCUT2D eigenvalue weighted by Gasteiger charge is -2.18. The Morgan fingerprint density at radius 3 is 2.14 bits per heavy atom. The Morgan fingerprint density at radius 1 is 0.905 bits per heavy atom. The van der Waals surface area contributed by atoms with E-state index >= 15 is 0 Å². The predicted molar refractivity (Wildman–Crippen MR) is 94.0 cm³/mol. The predicted octanol–water partition coefficient (Wildman–Crippen LogP) is 4.96. The minimum atomic E-state index is 0.592. The summed E-state index contributed by atoms with van der Waals surface area (Å²) in [7, 11) is 2.02. The van der Waals surface area contributed by atoms with E-state index in [0.717, 1.165) is 13.0 Å². The lowest BCUT2D eigenvalue weighted by molar-refractivity contribution is 0.592. The van der Waals surface area contributed by atoms with Gasteiger partial charge >= 0.3 is 0 Å². The quantitative estimate of drug-likeness (QED) is 0.790. The number of hydrogen-bond donors (Lipinski definition) is 1. The molecule has 0 aliphatic heterocycles. The molecular weight excluding hydrogens is 254 g/mol. The van der Waals surface area contributed by atoms with Gasteiger partial charge in [0.2, 0.25) is 0 Å². The highest BCUT2D eigenvalue weighted by atomic mass is 14.8. The summed E-state index contributed by atoms with van der Waals surface area (Å²) in [5.74, 6) is 0.592. The van der Waals surface area contributed by atoms with Crippen molar-refractivity contribution in [2.24, 2.45) is 0 Å². The van der Waals surface area contributed by atoms with Crippen LogP contribution in [0.3, 0.4) is 0 Å². The Balaban J connectivity index is 0.00000106. The molecule has 1 atom stereocenters. The molecule has 2 aromatic rings. The molecule has 0 radical (unpaired) electrons. The van der Waals surface area contributed by atoms with Gasteiger partial charge in [0, 0.05) is 0 Å². The zero-order valence-electron chi connectivity index (χ0n) is 13.9. The van der Waals surface area contributed by atoms with Gasteiger partial charge in [0.05, 0.1) is 0 Å². The smallest absolute Gasteiger partial charge is 0.00460 e. The highest BCUT2D eigenvalue weighted by Crippen LogP contribution is 2.25. The third-order valence-corrected chi connectivity index (χ3v) is 3.74. The summed E-state index contributed by atoms with van der Waals surface area (Å²) in [4.78, 5) is 0. The van der Waals surface area contributed by atoms with Gasteiger partial charge in [-0.2, -0.15) is 0 Å². The van der Waals surface area contributed by atoms with Crippen molar-refractivity contribution in [2.45, 2.75) is 39.5 Å². The fourth-order valence-electron chi connectivity index (χ4n) is 2.53. The van der Waals surface area contributed by atoms with Crippen molar-refractivity contribution in [3.63, 3.8) is 0 Å². The van der Waals surface area contributed by atoms with Crippen LogP contribution in [0.15, 0.2) is 54.6 Å². The van der Waals surface area contributed by atoms with Gasteiger partial charge in [-0.25, -0.2) is 0 Å². The molecule has 2 rings (SSSR count). The maximum Gasteiger partial charge on any atom is -0.00460 e. The monoisotopic (exact) mass is 283 g/mol. The van der Waals surface area contributed by atoms with Crippen LogP contribution in [0.4, 0.5) is 0 Å². The molecule has 0 bridgehead atoms. The average Bonchev–Trinajstić information content (AvgIpc) is 2.56. The van der Waals surface area contributed by atoms with Crippen molar-refractivity contribution in [2.75, 3.05) is 13.6 Å². The van der Waals surface area contributed by atoms with Gasteiger partial charge in [-0.3, -0.25) is 0 Å². The van der Waals surface area contributed by atoms with Gasteiger partial charge in [-0.05, 0) is 56.0 Å². The fraction of sp³-hybridized carbons (Fsp3) is 0.400. The van der Waals surface area contributed by atoms with Gasteiger partial charge in [0.15, 0.2) is 0 Å². The van der Waals surface area contributed by atoms with E-state index in [1.165, 1.54) is 23.1 Å². The Bertz CT molecular complexity index is 490. The molecule has 1 N–H and O–H groups in total. The highest BCUT2D eigenvalue weighted by Gasteiger charge is 2.12. The summed E-state index contributed by atoms with van der Waals surface area (Å²) < 4.78 is 0. The van der Waals surface area contributed by atoms with Crippen LogP contribution in [0.5, 0.6) is 0 Å². The van der Waals surface area contributed by atoms with Gasteiger partial charge in [0.1, 0.15) is 0 Å². The molecule has 0 saturated heterocycles. The molecule has 0 spiro atoms. The molecule has 1 nitrogen and oxygen atoms in total. The van der Waals surface area contributed by atoms with Crippen molar-refractivity contribution >= 4 is 0 Å². The molecule has 0 amide bonds. The lowest BCUT2D eigenvalue weighted by Crippen LogP contribution is -2.14. The van der Waals surface area contributed by atoms with Crippen molar-refractivity contribution < 1.29 is 0 Å². The third-order valence-electron chi connectivity index (χ3n) is 3.74. The molecule has 21 heavy (non-hydrogen) atoms. The summed E-state index contributed by atoms with van der Waals surface area (Å²) in [6, 6.07) is 19.6. The minimum Gasteiger partial charge on any atom is -0.320 e. The van der Waals surface area contributed by atoms with Crippen LogP contribution in [-0.4, -0.2) is 13.6 Å². The molecule has 0 aromatic heterocycles. The van der Waals surface area contributed by atoms with Crippen LogP contribution < -0.4 is 5.32 Å². The second-order valence-electron chi connectivity index (χ2n) is 5.13. The summed E-state index contributed by atoms with van der Waals surface area (Å²) in [6.45, 7) is 7.26. The van der Waals surface area contributed by atoms with E-state index in [9.17, 15) is 0 Å². The maximum atomic E-state index is 3.27. The minimum absolute atomic E-state index is 0.592. The fourth-order valence-corrected chi connectivity index (χ4v) is 2.53. The maximum absolute atomic E-state index is 3.27. The van der Waals surface area contributed by atoms with E-state index in [0.29, 0.717) is 5.92 Å². The molecule has 0 aliphatic rings. The topological polar surface area (TPSA) is 12.0 Å². The van der Waals surface area contributed by atoms with Gasteiger partial charge in [-0.1, -0.05) is 68.4 Å². The van der Waals surface area contributed by atoms with Crippen LogP contribution in [-0.2, 0) is 6.42 Å². The highest BCUT2D eigenvalue weighted by molar-refractivity contribution is 5.29.